The molecule has 162 valence electrons. The molecular formula is C23H20FN5O3. The smallest absolute Gasteiger partial charge is 0.330 e. The first-order valence-corrected chi connectivity index (χ1v) is 10.3. The van der Waals surface area contributed by atoms with Crippen LogP contribution in [0.5, 0.6) is 0 Å². The van der Waals surface area contributed by atoms with Crippen molar-refractivity contribution in [2.45, 2.75) is 25.3 Å². The molecule has 8 nitrogen and oxygen atoms in total. The van der Waals surface area contributed by atoms with Crippen molar-refractivity contribution in [2.75, 3.05) is 6.54 Å². The molecular weight excluding hydrogens is 413 g/mol. The number of rotatable bonds is 5. The van der Waals surface area contributed by atoms with Gasteiger partial charge < -0.3 is 14.4 Å². The predicted octanol–water partition coefficient (Wildman–Crippen LogP) is 3.26. The Labute approximate surface area is 182 Å². The van der Waals surface area contributed by atoms with Crippen molar-refractivity contribution in [3.8, 4) is 5.69 Å². The van der Waals surface area contributed by atoms with E-state index in [4.69, 9.17) is 4.52 Å². The highest BCUT2D eigenvalue weighted by molar-refractivity contribution is 5.95. The maximum Gasteiger partial charge on any atom is 0.330 e. The lowest BCUT2D eigenvalue weighted by molar-refractivity contribution is 0.0710. The third kappa shape index (κ3) is 3.84. The van der Waals surface area contributed by atoms with Gasteiger partial charge in [0.2, 0.25) is 5.89 Å². The van der Waals surface area contributed by atoms with Crippen LogP contribution in [0.3, 0.4) is 0 Å². The molecule has 2 aromatic carbocycles. The quantitative estimate of drug-likeness (QED) is 0.521. The van der Waals surface area contributed by atoms with Crippen LogP contribution in [-0.2, 0) is 6.42 Å². The number of carbonyl (C=O) groups is 1. The maximum atomic E-state index is 13.3. The second-order valence-electron chi connectivity index (χ2n) is 7.69. The number of halogens is 1. The Kier molecular flexibility index (Phi) is 5.14. The van der Waals surface area contributed by atoms with Crippen molar-refractivity contribution >= 4 is 5.91 Å². The lowest BCUT2D eigenvalue weighted by Gasteiger charge is -2.22. The van der Waals surface area contributed by atoms with Crippen LogP contribution in [0.1, 0.15) is 46.5 Å². The second kappa shape index (κ2) is 8.26. The van der Waals surface area contributed by atoms with Gasteiger partial charge >= 0.3 is 5.69 Å². The molecule has 0 spiro atoms. The van der Waals surface area contributed by atoms with Gasteiger partial charge in [0.05, 0.1) is 5.69 Å². The normalized spacial score (nSPS) is 15.9. The van der Waals surface area contributed by atoms with E-state index in [9.17, 15) is 14.0 Å². The fourth-order valence-electron chi connectivity index (χ4n) is 4.00. The largest absolute Gasteiger partial charge is 0.337 e. The number of H-pyrrole nitrogens is 1. The molecule has 0 bridgehead atoms. The first kappa shape index (κ1) is 19.9. The number of hydrogen-bond donors (Lipinski definition) is 1. The SMILES string of the molecule is O=C(c1cccc(-n2cc[nH]c2=O)c1)N1CCCC1c1nc(Cc2ccc(F)cc2)no1. The second-order valence-corrected chi connectivity index (χ2v) is 7.69. The molecule has 1 aliphatic heterocycles. The number of nitrogens with zero attached hydrogens (tertiary/aromatic N) is 4. The molecule has 1 N–H and O–H groups in total. The van der Waals surface area contributed by atoms with Gasteiger partial charge in [0, 0.05) is 30.9 Å². The minimum Gasteiger partial charge on any atom is -0.337 e. The number of amides is 1. The van der Waals surface area contributed by atoms with Gasteiger partial charge in [-0.15, -0.1) is 0 Å². The molecule has 4 aromatic rings. The van der Waals surface area contributed by atoms with Crippen LogP contribution in [0.25, 0.3) is 5.69 Å². The molecule has 32 heavy (non-hydrogen) atoms. The molecule has 1 atom stereocenters. The van der Waals surface area contributed by atoms with Crippen molar-refractivity contribution in [3.63, 3.8) is 0 Å². The van der Waals surface area contributed by atoms with E-state index in [1.165, 1.54) is 16.7 Å². The van der Waals surface area contributed by atoms with Gasteiger partial charge in [-0.2, -0.15) is 4.98 Å². The van der Waals surface area contributed by atoms with Crippen LogP contribution in [0.4, 0.5) is 4.39 Å². The maximum absolute atomic E-state index is 13.3. The number of likely N-dealkylation sites (tertiary alicyclic amines) is 1. The predicted molar refractivity (Wildman–Crippen MR) is 113 cm³/mol. The first-order chi connectivity index (χ1) is 15.6. The molecule has 0 radical (unpaired) electrons. The summed E-state index contributed by atoms with van der Waals surface area (Å²) < 4.78 is 20.0. The fraction of sp³-hybridized carbons (Fsp3) is 0.217. The van der Waals surface area contributed by atoms with Crippen molar-refractivity contribution in [1.29, 1.82) is 0 Å². The minimum absolute atomic E-state index is 0.156. The summed E-state index contributed by atoms with van der Waals surface area (Å²) in [6, 6.07) is 12.8. The summed E-state index contributed by atoms with van der Waals surface area (Å²) in [6.07, 6.45) is 5.12. The Morgan fingerprint density at radius 2 is 2.06 bits per heavy atom. The first-order valence-electron chi connectivity index (χ1n) is 10.3. The number of nitrogens with one attached hydrogen (secondary N) is 1. The summed E-state index contributed by atoms with van der Waals surface area (Å²) in [5.74, 6) is 0.426. The number of aromatic nitrogens is 4. The standard InChI is InChI=1S/C23H20FN5O3/c24-17-8-6-15(7-9-17)13-20-26-21(32-27-20)19-5-2-11-29(19)22(30)16-3-1-4-18(14-16)28-12-10-25-23(28)31/h1,3-4,6-10,12,14,19H,2,5,11,13H2,(H,25,31). The monoisotopic (exact) mass is 433 g/mol. The molecule has 3 heterocycles. The van der Waals surface area contributed by atoms with Crippen LogP contribution >= 0.6 is 0 Å². The average Bonchev–Trinajstić information content (AvgIpc) is 3.55. The summed E-state index contributed by atoms with van der Waals surface area (Å²) >= 11 is 0. The topological polar surface area (TPSA) is 97.0 Å². The molecule has 1 fully saturated rings. The highest BCUT2D eigenvalue weighted by atomic mass is 19.1. The van der Waals surface area contributed by atoms with Crippen molar-refractivity contribution in [2.24, 2.45) is 0 Å². The number of hydrogen-bond acceptors (Lipinski definition) is 5. The van der Waals surface area contributed by atoms with E-state index in [0.29, 0.717) is 35.9 Å². The Bertz CT molecular complexity index is 1310. The molecule has 1 saturated heterocycles. The molecule has 0 saturated carbocycles. The van der Waals surface area contributed by atoms with Gasteiger partial charge in [0.25, 0.3) is 5.91 Å². The summed E-state index contributed by atoms with van der Waals surface area (Å²) in [4.78, 5) is 34.0. The van der Waals surface area contributed by atoms with E-state index < -0.39 is 0 Å². The summed E-state index contributed by atoms with van der Waals surface area (Å²) in [5.41, 5.74) is 1.69. The van der Waals surface area contributed by atoms with E-state index in [2.05, 4.69) is 15.1 Å². The van der Waals surface area contributed by atoms with E-state index in [0.717, 1.165) is 18.4 Å². The number of benzene rings is 2. The van der Waals surface area contributed by atoms with E-state index in [1.807, 2.05) is 0 Å². The van der Waals surface area contributed by atoms with Gasteiger partial charge in [0.1, 0.15) is 11.9 Å². The molecule has 1 aliphatic rings. The molecule has 1 unspecified atom stereocenters. The van der Waals surface area contributed by atoms with E-state index in [-0.39, 0.29) is 23.5 Å². The summed E-state index contributed by atoms with van der Waals surface area (Å²) in [5, 5.41) is 4.04. The molecule has 1 amide bonds. The molecule has 2 aromatic heterocycles. The van der Waals surface area contributed by atoms with Crippen molar-refractivity contribution in [1.82, 2.24) is 24.6 Å². The zero-order valence-electron chi connectivity index (χ0n) is 17.1. The lowest BCUT2D eigenvalue weighted by Crippen LogP contribution is -2.31. The van der Waals surface area contributed by atoms with Crippen LogP contribution in [0.15, 0.2) is 70.2 Å². The zero-order chi connectivity index (χ0) is 22.1. The zero-order valence-corrected chi connectivity index (χ0v) is 17.1. The number of imidazole rings is 1. The molecule has 0 aliphatic carbocycles. The van der Waals surface area contributed by atoms with E-state index >= 15 is 0 Å². The Balaban J connectivity index is 1.35. The number of aromatic amines is 1. The van der Waals surface area contributed by atoms with Gasteiger partial charge in [-0.25, -0.2) is 9.18 Å². The van der Waals surface area contributed by atoms with Crippen molar-refractivity contribution in [3.05, 3.63) is 100 Å². The lowest BCUT2D eigenvalue weighted by atomic mass is 10.1. The summed E-state index contributed by atoms with van der Waals surface area (Å²) in [7, 11) is 0. The summed E-state index contributed by atoms with van der Waals surface area (Å²) in [6.45, 7) is 0.577. The average molecular weight is 433 g/mol. The highest BCUT2D eigenvalue weighted by Gasteiger charge is 2.34. The fourth-order valence-corrected chi connectivity index (χ4v) is 4.00. The molecule has 9 heteroatoms. The Morgan fingerprint density at radius 3 is 2.84 bits per heavy atom. The molecule has 5 rings (SSSR count). The Hall–Kier alpha value is -4.01. The van der Waals surface area contributed by atoms with Crippen LogP contribution in [-0.4, -0.2) is 37.0 Å². The van der Waals surface area contributed by atoms with Crippen LogP contribution in [0.2, 0.25) is 0 Å². The third-order valence-electron chi connectivity index (χ3n) is 5.58. The van der Waals surface area contributed by atoms with Crippen LogP contribution in [0, 0.1) is 5.82 Å². The van der Waals surface area contributed by atoms with Crippen LogP contribution < -0.4 is 5.69 Å². The highest BCUT2D eigenvalue weighted by Crippen LogP contribution is 2.32. The van der Waals surface area contributed by atoms with Gasteiger partial charge in [0.15, 0.2) is 5.82 Å². The third-order valence-corrected chi connectivity index (χ3v) is 5.58. The minimum atomic E-state index is -0.310. The van der Waals surface area contributed by atoms with E-state index in [1.54, 1.807) is 53.7 Å². The number of carbonyl (C=O) groups excluding carboxylic acids is 1. The van der Waals surface area contributed by atoms with Gasteiger partial charge in [-0.1, -0.05) is 23.4 Å². The van der Waals surface area contributed by atoms with Gasteiger partial charge in [-0.05, 0) is 48.7 Å². The Morgan fingerprint density at radius 1 is 1.22 bits per heavy atom. The van der Waals surface area contributed by atoms with Gasteiger partial charge in [-0.3, -0.25) is 9.36 Å². The van der Waals surface area contributed by atoms with Crippen molar-refractivity contribution < 1.29 is 13.7 Å².